The summed E-state index contributed by atoms with van der Waals surface area (Å²) in [5.74, 6) is -0.183. The minimum Gasteiger partial charge on any atom is -0.389 e. The Balaban J connectivity index is 1.53. The summed E-state index contributed by atoms with van der Waals surface area (Å²) in [5.41, 5.74) is 0.860. The van der Waals surface area contributed by atoms with Crippen molar-refractivity contribution in [3.05, 3.63) is 24.0 Å². The van der Waals surface area contributed by atoms with Crippen molar-refractivity contribution >= 4 is 12.0 Å². The summed E-state index contributed by atoms with van der Waals surface area (Å²) in [6, 6.07) is 1.76. The molecule has 1 aromatic heterocycles. The van der Waals surface area contributed by atoms with E-state index in [1.807, 2.05) is 13.1 Å². The van der Waals surface area contributed by atoms with Crippen LogP contribution < -0.4 is 5.32 Å². The van der Waals surface area contributed by atoms with Crippen LogP contribution >= 0.6 is 0 Å². The van der Waals surface area contributed by atoms with Crippen LogP contribution in [0.25, 0.3) is 6.08 Å². The maximum Gasteiger partial charge on any atom is 0.244 e. The predicted octanol–water partition coefficient (Wildman–Crippen LogP) is -0.226. The number of rotatable bonds is 4. The van der Waals surface area contributed by atoms with Gasteiger partial charge in [0.2, 0.25) is 5.91 Å². The van der Waals surface area contributed by atoms with Crippen LogP contribution in [0.1, 0.15) is 18.5 Å². The Bertz CT molecular complexity index is 565. The van der Waals surface area contributed by atoms with E-state index in [0.717, 1.165) is 31.6 Å². The van der Waals surface area contributed by atoms with Crippen molar-refractivity contribution in [3.8, 4) is 0 Å². The number of aliphatic hydroxyl groups is 1. The maximum absolute atomic E-state index is 12.1. The largest absolute Gasteiger partial charge is 0.389 e. The molecule has 0 bridgehead atoms. The van der Waals surface area contributed by atoms with E-state index < -0.39 is 6.10 Å². The first kappa shape index (κ1) is 16.2. The van der Waals surface area contributed by atoms with Crippen molar-refractivity contribution in [1.82, 2.24) is 20.0 Å². The van der Waals surface area contributed by atoms with Gasteiger partial charge in [-0.15, -0.1) is 0 Å². The Morgan fingerprint density at radius 3 is 2.91 bits per heavy atom. The molecule has 0 radical (unpaired) electrons. The van der Waals surface area contributed by atoms with Gasteiger partial charge >= 0.3 is 0 Å². The summed E-state index contributed by atoms with van der Waals surface area (Å²) in [5, 5.41) is 17.5. The van der Waals surface area contributed by atoms with Gasteiger partial charge in [0.25, 0.3) is 0 Å². The van der Waals surface area contributed by atoms with E-state index in [4.69, 9.17) is 4.74 Å². The van der Waals surface area contributed by atoms with Crippen molar-refractivity contribution in [1.29, 1.82) is 0 Å². The Hall–Kier alpha value is -1.70. The molecule has 126 valence electrons. The minimum atomic E-state index is -0.526. The zero-order chi connectivity index (χ0) is 16.2. The fourth-order valence-corrected chi connectivity index (χ4v) is 3.36. The lowest BCUT2D eigenvalue weighted by Gasteiger charge is -2.34. The highest BCUT2D eigenvalue weighted by molar-refractivity contribution is 5.91. The lowest BCUT2D eigenvalue weighted by Crippen LogP contribution is -2.51. The number of carbonyl (C=O) groups excluding carboxylic acids is 1. The van der Waals surface area contributed by atoms with Gasteiger partial charge in [-0.2, -0.15) is 5.10 Å². The van der Waals surface area contributed by atoms with E-state index in [2.05, 4.69) is 15.3 Å². The molecule has 3 atom stereocenters. The van der Waals surface area contributed by atoms with Crippen molar-refractivity contribution in [2.45, 2.75) is 31.0 Å². The number of morpholine rings is 1. The number of amides is 1. The molecule has 23 heavy (non-hydrogen) atoms. The minimum absolute atomic E-state index is 0.116. The van der Waals surface area contributed by atoms with Crippen LogP contribution in [0.15, 0.2) is 18.3 Å². The van der Waals surface area contributed by atoms with Crippen molar-refractivity contribution < 1.29 is 14.6 Å². The molecule has 3 rings (SSSR count). The Morgan fingerprint density at radius 1 is 1.43 bits per heavy atom. The highest BCUT2D eigenvalue weighted by Gasteiger charge is 2.39. The quantitative estimate of drug-likeness (QED) is 0.750. The van der Waals surface area contributed by atoms with Crippen molar-refractivity contribution in [2.24, 2.45) is 7.05 Å². The molecule has 1 aliphatic carbocycles. The lowest BCUT2D eigenvalue weighted by atomic mass is 10.1. The van der Waals surface area contributed by atoms with Gasteiger partial charge < -0.3 is 15.2 Å². The van der Waals surface area contributed by atoms with Gasteiger partial charge in [-0.3, -0.25) is 14.4 Å². The number of hydrogen-bond acceptors (Lipinski definition) is 5. The molecule has 1 aliphatic heterocycles. The number of ether oxygens (including phenoxy) is 1. The van der Waals surface area contributed by atoms with Gasteiger partial charge in [-0.05, 0) is 25.0 Å². The van der Waals surface area contributed by atoms with Crippen molar-refractivity contribution in [3.63, 3.8) is 0 Å². The Morgan fingerprint density at radius 2 is 2.22 bits per heavy atom. The molecule has 2 N–H and O–H groups in total. The highest BCUT2D eigenvalue weighted by Crippen LogP contribution is 2.25. The SMILES string of the molecule is Cn1nccc1/C=C/C(=O)N[C@@H]1CC[C@@H](N2CCOCC2)[C@@H]1O. The van der Waals surface area contributed by atoms with Gasteiger partial charge in [0.05, 0.1) is 31.1 Å². The predicted molar refractivity (Wildman–Crippen MR) is 85.6 cm³/mol. The summed E-state index contributed by atoms with van der Waals surface area (Å²) in [4.78, 5) is 14.3. The second-order valence-corrected chi connectivity index (χ2v) is 6.11. The molecule has 2 aliphatic rings. The third-order valence-corrected chi connectivity index (χ3v) is 4.69. The molecule has 1 aromatic rings. The second-order valence-electron chi connectivity index (χ2n) is 6.11. The molecule has 0 aromatic carbocycles. The molecule has 1 saturated heterocycles. The number of aliphatic hydroxyl groups excluding tert-OH is 1. The number of nitrogens with one attached hydrogen (secondary N) is 1. The van der Waals surface area contributed by atoms with Crippen LogP contribution in [0.2, 0.25) is 0 Å². The molecular formula is C16H24N4O3. The fourth-order valence-electron chi connectivity index (χ4n) is 3.36. The molecule has 7 heteroatoms. The van der Waals surface area contributed by atoms with E-state index in [9.17, 15) is 9.90 Å². The maximum atomic E-state index is 12.1. The van der Waals surface area contributed by atoms with Crippen LogP contribution in [0.4, 0.5) is 0 Å². The first-order valence-electron chi connectivity index (χ1n) is 8.11. The number of hydrogen-bond donors (Lipinski definition) is 2. The van der Waals surface area contributed by atoms with Gasteiger partial charge in [-0.25, -0.2) is 0 Å². The van der Waals surface area contributed by atoms with E-state index in [-0.39, 0.29) is 18.0 Å². The van der Waals surface area contributed by atoms with Gasteiger partial charge in [0.1, 0.15) is 0 Å². The topological polar surface area (TPSA) is 79.6 Å². The van der Waals surface area contributed by atoms with Crippen LogP contribution in [-0.2, 0) is 16.6 Å². The molecule has 7 nitrogen and oxygen atoms in total. The average molecular weight is 320 g/mol. The fraction of sp³-hybridized carbons (Fsp3) is 0.625. The van der Waals surface area contributed by atoms with Crippen molar-refractivity contribution in [2.75, 3.05) is 26.3 Å². The molecule has 2 fully saturated rings. The monoisotopic (exact) mass is 320 g/mol. The molecule has 0 spiro atoms. The molecule has 1 saturated carbocycles. The van der Waals surface area contributed by atoms with Crippen LogP contribution in [-0.4, -0.2) is 70.2 Å². The molecule has 0 unspecified atom stereocenters. The molecule has 1 amide bonds. The third kappa shape index (κ3) is 3.80. The van der Waals surface area contributed by atoms with E-state index in [0.29, 0.717) is 13.2 Å². The average Bonchev–Trinajstić information content (AvgIpc) is 3.13. The zero-order valence-corrected chi connectivity index (χ0v) is 13.4. The summed E-state index contributed by atoms with van der Waals surface area (Å²) in [7, 11) is 1.82. The van der Waals surface area contributed by atoms with Gasteiger partial charge in [0, 0.05) is 38.5 Å². The lowest BCUT2D eigenvalue weighted by molar-refractivity contribution is -0.118. The van der Waals surface area contributed by atoms with Gasteiger partial charge in [-0.1, -0.05) is 0 Å². The van der Waals surface area contributed by atoms with Crippen LogP contribution in [0, 0.1) is 0 Å². The summed E-state index contributed by atoms with van der Waals surface area (Å²) < 4.78 is 7.05. The number of aromatic nitrogens is 2. The van der Waals surface area contributed by atoms with E-state index in [1.54, 1.807) is 17.0 Å². The van der Waals surface area contributed by atoms with E-state index in [1.165, 1.54) is 6.08 Å². The van der Waals surface area contributed by atoms with E-state index >= 15 is 0 Å². The number of nitrogens with zero attached hydrogens (tertiary/aromatic N) is 3. The smallest absolute Gasteiger partial charge is 0.244 e. The Kier molecular flexibility index (Phi) is 5.09. The first-order chi connectivity index (χ1) is 11.1. The van der Waals surface area contributed by atoms with Crippen LogP contribution in [0.5, 0.6) is 0 Å². The molecule has 2 heterocycles. The highest BCUT2D eigenvalue weighted by atomic mass is 16.5. The number of carbonyl (C=O) groups is 1. The second kappa shape index (κ2) is 7.25. The zero-order valence-electron chi connectivity index (χ0n) is 13.4. The summed E-state index contributed by atoms with van der Waals surface area (Å²) >= 11 is 0. The third-order valence-electron chi connectivity index (χ3n) is 4.69. The van der Waals surface area contributed by atoms with Crippen LogP contribution in [0.3, 0.4) is 0 Å². The standard InChI is InChI=1S/C16H24N4O3/c1-19-12(6-7-17-19)2-5-15(21)18-13-3-4-14(16(13)22)20-8-10-23-11-9-20/h2,5-7,13-14,16,22H,3-4,8-11H2,1H3,(H,18,21)/b5-2+/t13-,14-,16-/m1/s1. The Labute approximate surface area is 135 Å². The first-order valence-corrected chi connectivity index (χ1v) is 8.11. The number of aryl methyl sites for hydroxylation is 1. The van der Waals surface area contributed by atoms with Gasteiger partial charge in [0.15, 0.2) is 0 Å². The summed E-state index contributed by atoms with van der Waals surface area (Å²) in [6.45, 7) is 3.13. The normalized spacial score (nSPS) is 29.2. The summed E-state index contributed by atoms with van der Waals surface area (Å²) in [6.07, 6.45) is 6.08. The molecular weight excluding hydrogens is 296 g/mol.